The summed E-state index contributed by atoms with van der Waals surface area (Å²) in [6, 6.07) is 9.22. The van der Waals surface area contributed by atoms with E-state index in [1.165, 1.54) is 15.7 Å². The van der Waals surface area contributed by atoms with E-state index in [0.29, 0.717) is 6.61 Å². The predicted molar refractivity (Wildman–Crippen MR) is 111 cm³/mol. The van der Waals surface area contributed by atoms with Crippen LogP contribution in [0.15, 0.2) is 47.5 Å². The summed E-state index contributed by atoms with van der Waals surface area (Å²) >= 11 is 0. The maximum atomic E-state index is 12.8. The van der Waals surface area contributed by atoms with E-state index in [2.05, 4.69) is 10.3 Å². The standard InChI is InChI=1S/C22H20N4O5/c1-12-11-31-17-10-25-9-15(19(27)20(28)18(25)22(30)26(12)17)21(29)24-8-13-4-5-16-14(7-13)3-2-6-23-16/h2-7,9,12,17,28H,8,10-11H2,1H3,(H,24,29)/t12-,17+/m0/s1. The molecular formula is C22H20N4O5. The van der Waals surface area contributed by atoms with Crippen molar-refractivity contribution in [2.24, 2.45) is 0 Å². The lowest BCUT2D eigenvalue weighted by Crippen LogP contribution is -2.49. The van der Waals surface area contributed by atoms with Gasteiger partial charge in [0.05, 0.1) is 24.7 Å². The maximum absolute atomic E-state index is 12.8. The smallest absolute Gasteiger partial charge is 0.276 e. The zero-order valence-corrected chi connectivity index (χ0v) is 16.7. The van der Waals surface area contributed by atoms with Crippen LogP contribution >= 0.6 is 0 Å². The Labute approximate surface area is 176 Å². The number of nitrogens with one attached hydrogen (secondary N) is 1. The minimum absolute atomic E-state index is 0.114. The molecule has 2 amide bonds. The van der Waals surface area contributed by atoms with Crippen LogP contribution in [0.25, 0.3) is 10.9 Å². The Morgan fingerprint density at radius 2 is 2.16 bits per heavy atom. The topological polar surface area (TPSA) is 114 Å². The molecule has 4 heterocycles. The number of hydrogen-bond acceptors (Lipinski definition) is 6. The summed E-state index contributed by atoms with van der Waals surface area (Å²) in [7, 11) is 0. The van der Waals surface area contributed by atoms with Crippen LogP contribution in [0.2, 0.25) is 0 Å². The van der Waals surface area contributed by atoms with Crippen LogP contribution in [0.3, 0.4) is 0 Å². The number of carbonyl (C=O) groups is 2. The number of rotatable bonds is 3. The number of nitrogens with zero attached hydrogens (tertiary/aromatic N) is 3. The highest BCUT2D eigenvalue weighted by Crippen LogP contribution is 2.29. The third-order valence-corrected chi connectivity index (χ3v) is 5.73. The van der Waals surface area contributed by atoms with Crippen molar-refractivity contribution in [3.63, 3.8) is 0 Å². The van der Waals surface area contributed by atoms with Gasteiger partial charge in [0.1, 0.15) is 5.56 Å². The van der Waals surface area contributed by atoms with E-state index in [9.17, 15) is 19.5 Å². The predicted octanol–water partition coefficient (Wildman–Crippen LogP) is 1.23. The molecule has 9 heteroatoms. The van der Waals surface area contributed by atoms with Crippen LogP contribution in [0.1, 0.15) is 33.3 Å². The minimum atomic E-state index is -0.869. The first kappa shape index (κ1) is 19.3. The van der Waals surface area contributed by atoms with E-state index in [4.69, 9.17) is 4.74 Å². The number of aromatic nitrogens is 2. The van der Waals surface area contributed by atoms with Gasteiger partial charge in [-0.1, -0.05) is 12.1 Å². The molecule has 0 aliphatic carbocycles. The van der Waals surface area contributed by atoms with Gasteiger partial charge < -0.3 is 24.6 Å². The lowest BCUT2D eigenvalue weighted by atomic mass is 10.1. The van der Waals surface area contributed by atoms with Gasteiger partial charge in [-0.2, -0.15) is 0 Å². The molecule has 9 nitrogen and oxygen atoms in total. The van der Waals surface area contributed by atoms with Gasteiger partial charge in [-0.25, -0.2) is 0 Å². The third kappa shape index (κ3) is 3.14. The fourth-order valence-corrected chi connectivity index (χ4v) is 4.15. The quantitative estimate of drug-likeness (QED) is 0.659. The molecule has 1 aromatic carbocycles. The molecule has 0 spiro atoms. The summed E-state index contributed by atoms with van der Waals surface area (Å²) in [6.07, 6.45) is 2.54. The molecule has 2 aromatic heterocycles. The molecule has 0 unspecified atom stereocenters. The number of pyridine rings is 2. The monoisotopic (exact) mass is 420 g/mol. The summed E-state index contributed by atoms with van der Waals surface area (Å²) in [6.45, 7) is 2.65. The van der Waals surface area contributed by atoms with Gasteiger partial charge in [-0.15, -0.1) is 0 Å². The number of ether oxygens (including phenoxy) is 1. The van der Waals surface area contributed by atoms with Crippen LogP contribution in [0.5, 0.6) is 5.75 Å². The van der Waals surface area contributed by atoms with E-state index >= 15 is 0 Å². The van der Waals surface area contributed by atoms with Crippen LogP contribution in [0, 0.1) is 0 Å². The van der Waals surface area contributed by atoms with Crippen LogP contribution in [0.4, 0.5) is 0 Å². The number of amides is 2. The highest BCUT2D eigenvalue weighted by atomic mass is 16.5. The van der Waals surface area contributed by atoms with E-state index in [1.54, 1.807) is 6.20 Å². The second kappa shape index (κ2) is 7.21. The van der Waals surface area contributed by atoms with Crippen molar-refractivity contribution >= 4 is 22.7 Å². The molecule has 158 valence electrons. The van der Waals surface area contributed by atoms with E-state index in [-0.39, 0.29) is 30.4 Å². The van der Waals surface area contributed by atoms with Crippen molar-refractivity contribution in [2.75, 3.05) is 6.61 Å². The summed E-state index contributed by atoms with van der Waals surface area (Å²) in [5, 5.41) is 14.1. The van der Waals surface area contributed by atoms with Crippen molar-refractivity contribution in [1.82, 2.24) is 19.8 Å². The van der Waals surface area contributed by atoms with Gasteiger partial charge in [0.25, 0.3) is 11.8 Å². The second-order valence-electron chi connectivity index (χ2n) is 7.78. The first-order valence-corrected chi connectivity index (χ1v) is 9.96. The molecule has 2 aliphatic rings. The minimum Gasteiger partial charge on any atom is -0.503 e. The van der Waals surface area contributed by atoms with E-state index < -0.39 is 29.2 Å². The zero-order chi connectivity index (χ0) is 21.7. The van der Waals surface area contributed by atoms with Gasteiger partial charge in [0.2, 0.25) is 5.43 Å². The number of benzene rings is 1. The first-order valence-electron chi connectivity index (χ1n) is 9.96. The Morgan fingerprint density at radius 1 is 1.32 bits per heavy atom. The zero-order valence-electron chi connectivity index (χ0n) is 16.7. The van der Waals surface area contributed by atoms with Crippen molar-refractivity contribution in [3.05, 3.63) is 69.8 Å². The highest BCUT2D eigenvalue weighted by molar-refractivity contribution is 5.99. The molecule has 2 aliphatic heterocycles. The molecule has 0 radical (unpaired) electrons. The van der Waals surface area contributed by atoms with Crippen molar-refractivity contribution in [2.45, 2.75) is 32.3 Å². The third-order valence-electron chi connectivity index (χ3n) is 5.73. The normalized spacial score (nSPS) is 19.9. The van der Waals surface area contributed by atoms with Crippen molar-refractivity contribution in [1.29, 1.82) is 0 Å². The Morgan fingerprint density at radius 3 is 3.00 bits per heavy atom. The fraction of sp³-hybridized carbons (Fsp3) is 0.273. The molecule has 3 aromatic rings. The van der Waals surface area contributed by atoms with Crippen LogP contribution in [-0.4, -0.2) is 50.2 Å². The summed E-state index contributed by atoms with van der Waals surface area (Å²) < 4.78 is 7.05. The molecule has 31 heavy (non-hydrogen) atoms. The lowest BCUT2D eigenvalue weighted by molar-refractivity contribution is 0.00624. The highest BCUT2D eigenvalue weighted by Gasteiger charge is 2.42. The second-order valence-corrected chi connectivity index (χ2v) is 7.78. The Balaban J connectivity index is 1.41. The molecule has 1 fully saturated rings. The average molecular weight is 420 g/mol. The van der Waals surface area contributed by atoms with Gasteiger partial charge in [-0.05, 0) is 30.7 Å². The van der Waals surface area contributed by atoms with E-state index in [1.807, 2.05) is 37.3 Å². The molecule has 0 saturated carbocycles. The Hall–Kier alpha value is -3.72. The summed E-state index contributed by atoms with van der Waals surface area (Å²) in [5.74, 6) is -1.82. The Bertz CT molecular complexity index is 1280. The summed E-state index contributed by atoms with van der Waals surface area (Å²) in [5.41, 5.74) is 0.479. The largest absolute Gasteiger partial charge is 0.503 e. The average Bonchev–Trinajstić information content (AvgIpc) is 3.15. The molecule has 0 bridgehead atoms. The van der Waals surface area contributed by atoms with Crippen LogP contribution < -0.4 is 10.7 Å². The number of carbonyl (C=O) groups excluding carboxylic acids is 2. The number of aromatic hydroxyl groups is 1. The number of fused-ring (bicyclic) bond motifs is 3. The van der Waals surface area contributed by atoms with Crippen LogP contribution in [-0.2, 0) is 17.8 Å². The van der Waals surface area contributed by atoms with Crippen molar-refractivity contribution in [3.8, 4) is 5.75 Å². The summed E-state index contributed by atoms with van der Waals surface area (Å²) in [4.78, 5) is 44.0. The number of hydrogen-bond donors (Lipinski definition) is 2. The maximum Gasteiger partial charge on any atom is 0.276 e. The van der Waals surface area contributed by atoms with Gasteiger partial charge in [0, 0.05) is 24.3 Å². The molecule has 2 N–H and O–H groups in total. The van der Waals surface area contributed by atoms with Gasteiger partial charge in [0.15, 0.2) is 17.7 Å². The van der Waals surface area contributed by atoms with E-state index in [0.717, 1.165) is 16.5 Å². The Kier molecular flexibility index (Phi) is 4.48. The molecule has 2 atom stereocenters. The van der Waals surface area contributed by atoms with Gasteiger partial charge in [-0.3, -0.25) is 19.4 Å². The molecular weight excluding hydrogens is 400 g/mol. The molecule has 5 rings (SSSR count). The molecule has 1 saturated heterocycles. The SMILES string of the molecule is C[C@H]1CO[C@@H]2Cn3cc(C(=O)NCc4ccc5ncccc5c4)c(=O)c(O)c3C(=O)N12. The first-order chi connectivity index (χ1) is 14.9. The lowest BCUT2D eigenvalue weighted by Gasteiger charge is -2.33. The fourth-order valence-electron chi connectivity index (χ4n) is 4.15. The van der Waals surface area contributed by atoms with Crippen molar-refractivity contribution < 1.29 is 19.4 Å². The van der Waals surface area contributed by atoms with Gasteiger partial charge >= 0.3 is 0 Å².